The van der Waals surface area contributed by atoms with Crippen molar-refractivity contribution in [3.63, 3.8) is 0 Å². The third-order valence-corrected chi connectivity index (χ3v) is 2.43. The van der Waals surface area contributed by atoms with E-state index in [-0.39, 0.29) is 16.9 Å². The minimum atomic E-state index is 0.203. The number of hydrazine groups is 1. The normalized spacial score (nSPS) is 10.1. The Morgan fingerprint density at radius 3 is 2.88 bits per heavy atom. The zero-order valence-corrected chi connectivity index (χ0v) is 10.7. The van der Waals surface area contributed by atoms with Crippen LogP contribution in [-0.2, 0) is 0 Å². The molecule has 2 rings (SSSR count). The van der Waals surface area contributed by atoms with Crippen LogP contribution in [0.5, 0.6) is 11.6 Å². The SMILES string of the molecule is NNc1ncc(Cl)c(Oc2cncc(Br)c2)n1. The maximum atomic E-state index is 5.89. The second kappa shape index (κ2) is 5.26. The highest BCUT2D eigenvalue weighted by Gasteiger charge is 2.07. The number of nitrogens with zero attached hydrogens (tertiary/aromatic N) is 3. The van der Waals surface area contributed by atoms with E-state index in [1.165, 1.54) is 6.20 Å². The van der Waals surface area contributed by atoms with Crippen molar-refractivity contribution in [1.29, 1.82) is 0 Å². The van der Waals surface area contributed by atoms with Gasteiger partial charge in [0.25, 0.3) is 0 Å². The lowest BCUT2D eigenvalue weighted by Crippen LogP contribution is -2.10. The van der Waals surface area contributed by atoms with Crippen molar-refractivity contribution >= 4 is 33.5 Å². The molecule has 0 saturated heterocycles. The molecule has 6 nitrogen and oxygen atoms in total. The van der Waals surface area contributed by atoms with E-state index in [0.29, 0.717) is 5.75 Å². The highest BCUT2D eigenvalue weighted by molar-refractivity contribution is 9.10. The lowest BCUT2D eigenvalue weighted by molar-refractivity contribution is 0.460. The molecule has 88 valence electrons. The lowest BCUT2D eigenvalue weighted by Gasteiger charge is -2.07. The summed E-state index contributed by atoms with van der Waals surface area (Å²) in [6.07, 6.45) is 4.57. The zero-order valence-electron chi connectivity index (χ0n) is 8.39. The Hall–Kier alpha value is -1.44. The van der Waals surface area contributed by atoms with Crippen LogP contribution in [0.4, 0.5) is 5.95 Å². The monoisotopic (exact) mass is 315 g/mol. The summed E-state index contributed by atoms with van der Waals surface area (Å²) < 4.78 is 6.25. The minimum Gasteiger partial charge on any atom is -0.436 e. The number of anilines is 1. The van der Waals surface area contributed by atoms with E-state index in [1.54, 1.807) is 18.5 Å². The highest BCUT2D eigenvalue weighted by Crippen LogP contribution is 2.28. The Bertz CT molecular complexity index is 539. The van der Waals surface area contributed by atoms with Crippen molar-refractivity contribution in [3.05, 3.63) is 34.2 Å². The van der Waals surface area contributed by atoms with Crippen LogP contribution in [0.1, 0.15) is 0 Å². The molecule has 2 aromatic heterocycles. The summed E-state index contributed by atoms with van der Waals surface area (Å²) in [6.45, 7) is 0. The van der Waals surface area contributed by atoms with Gasteiger partial charge < -0.3 is 4.74 Å². The molecule has 2 heterocycles. The maximum Gasteiger partial charge on any atom is 0.243 e. The van der Waals surface area contributed by atoms with Gasteiger partial charge in [0.2, 0.25) is 11.8 Å². The van der Waals surface area contributed by atoms with Gasteiger partial charge in [-0.1, -0.05) is 11.6 Å². The number of hydrogen-bond donors (Lipinski definition) is 2. The third-order valence-electron chi connectivity index (χ3n) is 1.74. The Morgan fingerprint density at radius 2 is 2.18 bits per heavy atom. The second-order valence-electron chi connectivity index (χ2n) is 2.93. The summed E-state index contributed by atoms with van der Waals surface area (Å²) in [7, 11) is 0. The first-order valence-corrected chi connectivity index (χ1v) is 5.63. The molecule has 17 heavy (non-hydrogen) atoms. The molecule has 0 radical (unpaired) electrons. The van der Waals surface area contributed by atoms with Crippen LogP contribution in [-0.4, -0.2) is 15.0 Å². The van der Waals surface area contributed by atoms with Gasteiger partial charge in [0.1, 0.15) is 10.8 Å². The third kappa shape index (κ3) is 3.02. The summed E-state index contributed by atoms with van der Waals surface area (Å²) in [4.78, 5) is 11.8. The van der Waals surface area contributed by atoms with Gasteiger partial charge in [0, 0.05) is 10.7 Å². The van der Waals surface area contributed by atoms with Gasteiger partial charge in [0.05, 0.1) is 12.4 Å². The Balaban J connectivity index is 2.29. The molecular formula is C9H7BrClN5O. The van der Waals surface area contributed by atoms with E-state index in [2.05, 4.69) is 36.3 Å². The molecule has 2 aromatic rings. The minimum absolute atomic E-state index is 0.203. The second-order valence-corrected chi connectivity index (χ2v) is 4.25. The summed E-state index contributed by atoms with van der Waals surface area (Å²) in [5.41, 5.74) is 2.31. The summed E-state index contributed by atoms with van der Waals surface area (Å²) in [6, 6.07) is 1.74. The predicted octanol–water partition coefficient (Wildman–Crippen LogP) is 2.37. The van der Waals surface area contributed by atoms with Gasteiger partial charge in [-0.3, -0.25) is 10.4 Å². The molecule has 0 atom stereocenters. The maximum absolute atomic E-state index is 5.89. The van der Waals surface area contributed by atoms with E-state index in [4.69, 9.17) is 22.2 Å². The first-order valence-electron chi connectivity index (χ1n) is 4.46. The topological polar surface area (TPSA) is 86.0 Å². The van der Waals surface area contributed by atoms with Crippen LogP contribution in [0.3, 0.4) is 0 Å². The van der Waals surface area contributed by atoms with E-state index in [9.17, 15) is 0 Å². The number of hydrogen-bond acceptors (Lipinski definition) is 6. The predicted molar refractivity (Wildman–Crippen MR) is 66.9 cm³/mol. The molecule has 0 unspecified atom stereocenters. The van der Waals surface area contributed by atoms with Crippen molar-refractivity contribution < 1.29 is 4.74 Å². The van der Waals surface area contributed by atoms with Crippen molar-refractivity contribution in [3.8, 4) is 11.6 Å². The number of nitrogens with two attached hydrogens (primary N) is 1. The van der Waals surface area contributed by atoms with Gasteiger partial charge in [0.15, 0.2) is 0 Å². The molecule has 0 aliphatic rings. The van der Waals surface area contributed by atoms with Gasteiger partial charge in [-0.05, 0) is 22.0 Å². The Kier molecular flexibility index (Phi) is 3.72. The van der Waals surface area contributed by atoms with E-state index < -0.39 is 0 Å². The molecule has 0 bridgehead atoms. The number of aromatic nitrogens is 3. The van der Waals surface area contributed by atoms with E-state index in [1.807, 2.05) is 0 Å². The van der Waals surface area contributed by atoms with Crippen molar-refractivity contribution in [2.45, 2.75) is 0 Å². The Labute approximate surface area is 110 Å². The van der Waals surface area contributed by atoms with E-state index >= 15 is 0 Å². The molecule has 0 saturated carbocycles. The Morgan fingerprint density at radius 1 is 1.35 bits per heavy atom. The molecule has 0 amide bonds. The van der Waals surface area contributed by atoms with Crippen LogP contribution in [0.15, 0.2) is 29.1 Å². The number of halogens is 2. The van der Waals surface area contributed by atoms with E-state index in [0.717, 1.165) is 4.47 Å². The standard InChI is InChI=1S/C9H7BrClN5O/c10-5-1-6(3-13-2-5)17-8-7(11)4-14-9(15-8)16-12/h1-4H,12H2,(H,14,15,16). The van der Waals surface area contributed by atoms with Gasteiger partial charge in [-0.2, -0.15) is 4.98 Å². The number of nitrogen functional groups attached to an aromatic ring is 1. The number of rotatable bonds is 3. The van der Waals surface area contributed by atoms with Crippen molar-refractivity contribution in [2.24, 2.45) is 5.84 Å². The van der Waals surface area contributed by atoms with Gasteiger partial charge in [-0.25, -0.2) is 10.8 Å². The molecule has 0 fully saturated rings. The number of ether oxygens (including phenoxy) is 1. The fraction of sp³-hybridized carbons (Fsp3) is 0. The van der Waals surface area contributed by atoms with Gasteiger partial charge in [-0.15, -0.1) is 0 Å². The van der Waals surface area contributed by atoms with Crippen molar-refractivity contribution in [2.75, 3.05) is 5.43 Å². The average Bonchev–Trinajstić information content (AvgIpc) is 2.32. The fourth-order valence-corrected chi connectivity index (χ4v) is 1.53. The number of pyridine rings is 1. The summed E-state index contributed by atoms with van der Waals surface area (Å²) in [5.74, 6) is 6.11. The van der Waals surface area contributed by atoms with Crippen LogP contribution in [0.25, 0.3) is 0 Å². The number of nitrogens with one attached hydrogen (secondary N) is 1. The highest BCUT2D eigenvalue weighted by atomic mass is 79.9. The van der Waals surface area contributed by atoms with Crippen LogP contribution < -0.4 is 16.0 Å². The van der Waals surface area contributed by atoms with Crippen LogP contribution in [0, 0.1) is 0 Å². The molecule has 8 heteroatoms. The van der Waals surface area contributed by atoms with Crippen molar-refractivity contribution in [1.82, 2.24) is 15.0 Å². The largest absolute Gasteiger partial charge is 0.436 e. The molecule has 0 aliphatic carbocycles. The molecule has 0 aliphatic heterocycles. The molecule has 0 aromatic carbocycles. The van der Waals surface area contributed by atoms with Crippen LogP contribution in [0.2, 0.25) is 5.02 Å². The summed E-state index contributed by atoms with van der Waals surface area (Å²) >= 11 is 9.17. The zero-order chi connectivity index (χ0) is 12.3. The molecule has 3 N–H and O–H groups in total. The quantitative estimate of drug-likeness (QED) is 0.668. The first kappa shape index (κ1) is 12.0. The fourth-order valence-electron chi connectivity index (χ4n) is 1.05. The molecular weight excluding hydrogens is 309 g/mol. The summed E-state index contributed by atoms with van der Waals surface area (Å²) in [5, 5.41) is 0.281. The first-order chi connectivity index (χ1) is 8.19. The van der Waals surface area contributed by atoms with Gasteiger partial charge >= 0.3 is 0 Å². The molecule has 0 spiro atoms. The smallest absolute Gasteiger partial charge is 0.243 e. The lowest BCUT2D eigenvalue weighted by atomic mass is 10.5. The average molecular weight is 317 g/mol. The van der Waals surface area contributed by atoms with Crippen LogP contribution >= 0.6 is 27.5 Å².